The molecule has 4 heteroatoms. The maximum absolute atomic E-state index is 12.4. The van der Waals surface area contributed by atoms with E-state index in [1.54, 1.807) is 48.5 Å². The molecule has 0 unspecified atom stereocenters. The molecule has 0 heterocycles. The van der Waals surface area contributed by atoms with Crippen molar-refractivity contribution in [3.8, 4) is 0 Å². The Morgan fingerprint density at radius 3 is 2.58 bits per heavy atom. The van der Waals surface area contributed by atoms with Gasteiger partial charge in [0.1, 0.15) is 0 Å². The summed E-state index contributed by atoms with van der Waals surface area (Å²) in [6.07, 6.45) is 3.41. The highest BCUT2D eigenvalue weighted by Crippen LogP contribution is 2.21. The summed E-state index contributed by atoms with van der Waals surface area (Å²) in [6.45, 7) is 6.11. The highest BCUT2D eigenvalue weighted by atomic mass is 16.5. The minimum Gasteiger partial charge on any atom is -0.462 e. The maximum atomic E-state index is 12.4. The number of unbranched alkanes of at least 4 members (excludes halogenated alkanes) is 1. The molecule has 124 valence electrons. The third-order valence-electron chi connectivity index (χ3n) is 3.51. The Morgan fingerprint density at radius 1 is 1.17 bits per heavy atom. The van der Waals surface area contributed by atoms with E-state index >= 15 is 0 Å². The molecule has 0 atom stereocenters. The minimum absolute atomic E-state index is 0.278. The van der Waals surface area contributed by atoms with Gasteiger partial charge < -0.3 is 10.1 Å². The summed E-state index contributed by atoms with van der Waals surface area (Å²) in [4.78, 5) is 24.6. The molecule has 0 aromatic heterocycles. The molecule has 0 bridgehead atoms. The van der Waals surface area contributed by atoms with E-state index in [2.05, 4.69) is 11.9 Å². The number of amides is 1. The van der Waals surface area contributed by atoms with Gasteiger partial charge in [0.05, 0.1) is 17.9 Å². The quantitative estimate of drug-likeness (QED) is 0.601. The van der Waals surface area contributed by atoms with E-state index in [0.717, 1.165) is 18.4 Å². The molecule has 2 rings (SSSR count). The Kier molecular flexibility index (Phi) is 6.32. The number of benzene rings is 2. The van der Waals surface area contributed by atoms with Crippen molar-refractivity contribution in [3.63, 3.8) is 0 Å². The van der Waals surface area contributed by atoms with Gasteiger partial charge in [-0.2, -0.15) is 0 Å². The van der Waals surface area contributed by atoms with E-state index in [9.17, 15) is 9.59 Å². The van der Waals surface area contributed by atoms with Crippen LogP contribution in [-0.2, 0) is 4.74 Å². The molecule has 0 spiro atoms. The number of esters is 1. The summed E-state index contributed by atoms with van der Waals surface area (Å²) >= 11 is 0. The zero-order chi connectivity index (χ0) is 17.4. The Balaban J connectivity index is 2.24. The van der Waals surface area contributed by atoms with Crippen LogP contribution in [0.3, 0.4) is 0 Å². The standard InChI is InChI=1S/C20H21NO3/c1-3-5-13-24-20(23)17-12-11-15(4-2)14-18(17)21-19(22)16-9-7-6-8-10-16/h4,6-12,14H,2-3,5,13H2,1H3,(H,21,22). The van der Waals surface area contributed by atoms with Crippen LogP contribution in [0.1, 0.15) is 46.0 Å². The van der Waals surface area contributed by atoms with Crippen LogP contribution < -0.4 is 5.32 Å². The third-order valence-corrected chi connectivity index (χ3v) is 3.51. The lowest BCUT2D eigenvalue weighted by Crippen LogP contribution is -2.16. The van der Waals surface area contributed by atoms with Crippen molar-refractivity contribution >= 4 is 23.6 Å². The summed E-state index contributed by atoms with van der Waals surface area (Å²) in [6, 6.07) is 14.0. The highest BCUT2D eigenvalue weighted by molar-refractivity contribution is 6.08. The fraction of sp³-hybridized carbons (Fsp3) is 0.200. The van der Waals surface area contributed by atoms with Crippen molar-refractivity contribution in [1.29, 1.82) is 0 Å². The number of anilines is 1. The summed E-state index contributed by atoms with van der Waals surface area (Å²) < 4.78 is 5.25. The maximum Gasteiger partial charge on any atom is 0.340 e. The van der Waals surface area contributed by atoms with E-state index in [1.807, 2.05) is 13.0 Å². The van der Waals surface area contributed by atoms with Gasteiger partial charge in [0, 0.05) is 5.56 Å². The summed E-state index contributed by atoms with van der Waals surface area (Å²) in [7, 11) is 0. The second-order valence-electron chi connectivity index (χ2n) is 5.32. The molecule has 4 nitrogen and oxygen atoms in total. The van der Waals surface area contributed by atoms with Gasteiger partial charge in [0.2, 0.25) is 0 Å². The van der Waals surface area contributed by atoms with E-state index in [4.69, 9.17) is 4.74 Å². The molecule has 2 aromatic rings. The monoisotopic (exact) mass is 323 g/mol. The molecule has 0 aliphatic rings. The molecule has 24 heavy (non-hydrogen) atoms. The predicted molar refractivity (Wildman–Crippen MR) is 96.1 cm³/mol. The molecule has 0 radical (unpaired) electrons. The van der Waals surface area contributed by atoms with Crippen molar-refractivity contribution in [3.05, 3.63) is 71.8 Å². The average Bonchev–Trinajstić information content (AvgIpc) is 2.62. The highest BCUT2D eigenvalue weighted by Gasteiger charge is 2.16. The molecule has 1 amide bonds. The van der Waals surface area contributed by atoms with Crippen LogP contribution in [-0.4, -0.2) is 18.5 Å². The smallest absolute Gasteiger partial charge is 0.340 e. The van der Waals surface area contributed by atoms with E-state index in [1.165, 1.54) is 0 Å². The number of hydrogen-bond acceptors (Lipinski definition) is 3. The first-order valence-corrected chi connectivity index (χ1v) is 7.95. The zero-order valence-corrected chi connectivity index (χ0v) is 13.7. The van der Waals surface area contributed by atoms with Crippen molar-refractivity contribution in [2.24, 2.45) is 0 Å². The van der Waals surface area contributed by atoms with Crippen LogP contribution in [0.5, 0.6) is 0 Å². The van der Waals surface area contributed by atoms with Crippen molar-refractivity contribution in [2.45, 2.75) is 19.8 Å². The SMILES string of the molecule is C=Cc1ccc(C(=O)OCCCC)c(NC(=O)c2ccccc2)c1. The molecule has 0 fully saturated rings. The lowest BCUT2D eigenvalue weighted by Gasteiger charge is -2.12. The lowest BCUT2D eigenvalue weighted by atomic mass is 10.1. The normalized spacial score (nSPS) is 10.0. The van der Waals surface area contributed by atoms with Crippen LogP contribution in [0.4, 0.5) is 5.69 Å². The average molecular weight is 323 g/mol. The number of ether oxygens (including phenoxy) is 1. The molecular formula is C20H21NO3. The third kappa shape index (κ3) is 4.56. The predicted octanol–water partition coefficient (Wildman–Crippen LogP) is 4.54. The Morgan fingerprint density at radius 2 is 1.92 bits per heavy atom. The van der Waals surface area contributed by atoms with E-state index < -0.39 is 5.97 Å². The van der Waals surface area contributed by atoms with Crippen LogP contribution in [0.2, 0.25) is 0 Å². The van der Waals surface area contributed by atoms with Gasteiger partial charge in [-0.15, -0.1) is 0 Å². The van der Waals surface area contributed by atoms with Gasteiger partial charge in [-0.1, -0.05) is 50.3 Å². The fourth-order valence-electron chi connectivity index (χ4n) is 2.14. The molecule has 2 aromatic carbocycles. The zero-order valence-electron chi connectivity index (χ0n) is 13.7. The van der Waals surface area contributed by atoms with Gasteiger partial charge in [-0.25, -0.2) is 4.79 Å². The number of hydrogen-bond donors (Lipinski definition) is 1. The van der Waals surface area contributed by atoms with Gasteiger partial charge >= 0.3 is 5.97 Å². The van der Waals surface area contributed by atoms with Crippen LogP contribution >= 0.6 is 0 Å². The van der Waals surface area contributed by atoms with Gasteiger partial charge in [0.25, 0.3) is 5.91 Å². The molecule has 0 saturated heterocycles. The lowest BCUT2D eigenvalue weighted by molar-refractivity contribution is 0.0501. The van der Waals surface area contributed by atoms with E-state index in [0.29, 0.717) is 23.4 Å². The topological polar surface area (TPSA) is 55.4 Å². The number of carbonyl (C=O) groups excluding carboxylic acids is 2. The number of carbonyl (C=O) groups is 2. The van der Waals surface area contributed by atoms with Crippen LogP contribution in [0, 0.1) is 0 Å². The largest absolute Gasteiger partial charge is 0.462 e. The molecule has 0 aliphatic heterocycles. The fourth-order valence-corrected chi connectivity index (χ4v) is 2.14. The molecule has 1 N–H and O–H groups in total. The van der Waals surface area contributed by atoms with Gasteiger partial charge in [0.15, 0.2) is 0 Å². The van der Waals surface area contributed by atoms with Gasteiger partial charge in [-0.05, 0) is 36.2 Å². The van der Waals surface area contributed by atoms with Crippen LogP contribution in [0.15, 0.2) is 55.1 Å². The van der Waals surface area contributed by atoms with E-state index in [-0.39, 0.29) is 5.91 Å². The number of rotatable bonds is 7. The van der Waals surface area contributed by atoms with Crippen LogP contribution in [0.25, 0.3) is 6.08 Å². The first kappa shape index (κ1) is 17.5. The number of nitrogens with one attached hydrogen (secondary N) is 1. The Hall–Kier alpha value is -2.88. The van der Waals surface area contributed by atoms with Crippen molar-refractivity contribution in [2.75, 3.05) is 11.9 Å². The Labute approximate surface area is 142 Å². The molecule has 0 saturated carbocycles. The summed E-state index contributed by atoms with van der Waals surface area (Å²) in [5, 5.41) is 2.79. The van der Waals surface area contributed by atoms with Crippen molar-refractivity contribution < 1.29 is 14.3 Å². The first-order valence-electron chi connectivity index (χ1n) is 7.95. The second-order valence-corrected chi connectivity index (χ2v) is 5.32. The summed E-state index contributed by atoms with van der Waals surface area (Å²) in [5.41, 5.74) is 2.08. The molecular weight excluding hydrogens is 302 g/mol. The Bertz CT molecular complexity index is 723. The minimum atomic E-state index is -0.442. The van der Waals surface area contributed by atoms with Crippen molar-refractivity contribution in [1.82, 2.24) is 0 Å². The first-order chi connectivity index (χ1) is 11.7. The molecule has 0 aliphatic carbocycles. The van der Waals surface area contributed by atoms with Gasteiger partial charge in [-0.3, -0.25) is 4.79 Å². The second kappa shape index (κ2) is 8.67. The summed E-state index contributed by atoms with van der Waals surface area (Å²) in [5.74, 6) is -0.721.